The molecule has 190 valence electrons. The van der Waals surface area contributed by atoms with Crippen molar-refractivity contribution in [1.29, 1.82) is 0 Å². The number of nitrogens with one attached hydrogen (secondary N) is 1. The average molecular weight is 500 g/mol. The van der Waals surface area contributed by atoms with Gasteiger partial charge in [0.1, 0.15) is 12.6 Å². The van der Waals surface area contributed by atoms with Crippen LogP contribution in [0.4, 0.5) is 5.69 Å². The Morgan fingerprint density at radius 1 is 1.03 bits per heavy atom. The lowest BCUT2D eigenvalue weighted by atomic mass is 10.1. The van der Waals surface area contributed by atoms with Gasteiger partial charge in [-0.1, -0.05) is 43.2 Å². The number of amides is 2. The highest BCUT2D eigenvalue weighted by molar-refractivity contribution is 7.92. The van der Waals surface area contributed by atoms with Gasteiger partial charge in [0.25, 0.3) is 0 Å². The summed E-state index contributed by atoms with van der Waals surface area (Å²) < 4.78 is 26.6. The zero-order chi connectivity index (χ0) is 25.8. The molecule has 2 aromatic carbocycles. The zero-order valence-electron chi connectivity index (χ0n) is 21.4. The maximum atomic E-state index is 13.7. The first-order chi connectivity index (χ1) is 16.5. The predicted octanol–water partition coefficient (Wildman–Crippen LogP) is 3.85. The number of aryl methyl sites for hydroxylation is 3. The summed E-state index contributed by atoms with van der Waals surface area (Å²) >= 11 is 0. The van der Waals surface area contributed by atoms with Gasteiger partial charge in [-0.15, -0.1) is 0 Å². The standard InChI is InChI=1S/C27H37N3O4S/c1-19-14-20(2)16-25(15-19)30(35(5,33)34)18-26(31)29(17-23-11-7-6-10-21(23)3)22(4)27(32)28-24-12-8-9-13-24/h6-7,10-11,14-16,22,24H,8-9,12-13,17-18H2,1-5H3,(H,28,32). The highest BCUT2D eigenvalue weighted by atomic mass is 32.2. The van der Waals surface area contributed by atoms with Crippen LogP contribution in [0, 0.1) is 20.8 Å². The topological polar surface area (TPSA) is 86.8 Å². The first-order valence-corrected chi connectivity index (χ1v) is 14.0. The maximum absolute atomic E-state index is 13.7. The van der Waals surface area contributed by atoms with Crippen molar-refractivity contribution < 1.29 is 18.0 Å². The molecule has 1 atom stereocenters. The third kappa shape index (κ3) is 7.07. The summed E-state index contributed by atoms with van der Waals surface area (Å²) in [6, 6.07) is 12.5. The van der Waals surface area contributed by atoms with E-state index in [1.807, 2.05) is 51.1 Å². The molecule has 2 amide bonds. The van der Waals surface area contributed by atoms with E-state index in [2.05, 4.69) is 5.32 Å². The average Bonchev–Trinajstić information content (AvgIpc) is 3.27. The molecule has 0 heterocycles. The van der Waals surface area contributed by atoms with E-state index in [1.165, 1.54) is 4.90 Å². The second kappa shape index (κ2) is 11.2. The number of carbonyl (C=O) groups excluding carboxylic acids is 2. The van der Waals surface area contributed by atoms with Crippen LogP contribution in [0.25, 0.3) is 0 Å². The molecular weight excluding hydrogens is 462 g/mol. The Labute approximate surface area is 209 Å². The highest BCUT2D eigenvalue weighted by Crippen LogP contribution is 2.23. The Hall–Kier alpha value is -2.87. The number of anilines is 1. The smallest absolute Gasteiger partial charge is 0.244 e. The maximum Gasteiger partial charge on any atom is 0.244 e. The van der Waals surface area contributed by atoms with Gasteiger partial charge in [0.05, 0.1) is 11.9 Å². The molecule has 1 fully saturated rings. The molecule has 3 rings (SSSR count). The van der Waals surface area contributed by atoms with E-state index in [0.717, 1.165) is 58.5 Å². The van der Waals surface area contributed by atoms with Gasteiger partial charge in [0, 0.05) is 12.6 Å². The second-order valence-corrected chi connectivity index (χ2v) is 11.6. The Kier molecular flexibility index (Phi) is 8.59. The largest absolute Gasteiger partial charge is 0.352 e. The number of nitrogens with zero attached hydrogens (tertiary/aromatic N) is 2. The van der Waals surface area contributed by atoms with Gasteiger partial charge < -0.3 is 10.2 Å². The molecule has 1 aliphatic carbocycles. The van der Waals surface area contributed by atoms with Crippen LogP contribution in [0.15, 0.2) is 42.5 Å². The van der Waals surface area contributed by atoms with E-state index in [-0.39, 0.29) is 25.0 Å². The molecule has 0 radical (unpaired) electrons. The van der Waals surface area contributed by atoms with Crippen molar-refractivity contribution in [1.82, 2.24) is 10.2 Å². The Bertz CT molecular complexity index is 1150. The van der Waals surface area contributed by atoms with Gasteiger partial charge in [0.15, 0.2) is 0 Å². The lowest BCUT2D eigenvalue weighted by Crippen LogP contribution is -2.52. The third-order valence-electron chi connectivity index (χ3n) is 6.64. The van der Waals surface area contributed by atoms with E-state index in [1.54, 1.807) is 19.1 Å². The summed E-state index contributed by atoms with van der Waals surface area (Å²) in [5.41, 5.74) is 4.17. The lowest BCUT2D eigenvalue weighted by Gasteiger charge is -2.32. The first-order valence-electron chi connectivity index (χ1n) is 12.2. The van der Waals surface area contributed by atoms with Crippen molar-refractivity contribution in [3.63, 3.8) is 0 Å². The molecule has 0 aliphatic heterocycles. The Balaban J connectivity index is 1.91. The van der Waals surface area contributed by atoms with Crippen LogP contribution in [-0.4, -0.2) is 50.0 Å². The van der Waals surface area contributed by atoms with Gasteiger partial charge >= 0.3 is 0 Å². The number of hydrogen-bond donors (Lipinski definition) is 1. The van der Waals surface area contributed by atoms with Crippen molar-refractivity contribution in [2.75, 3.05) is 17.1 Å². The Morgan fingerprint density at radius 3 is 2.20 bits per heavy atom. The van der Waals surface area contributed by atoms with Crippen LogP contribution in [0.1, 0.15) is 54.9 Å². The fraction of sp³-hybridized carbons (Fsp3) is 0.481. The van der Waals surface area contributed by atoms with Gasteiger partial charge in [-0.25, -0.2) is 8.42 Å². The fourth-order valence-corrected chi connectivity index (χ4v) is 5.49. The van der Waals surface area contributed by atoms with E-state index in [4.69, 9.17) is 0 Å². The van der Waals surface area contributed by atoms with Gasteiger partial charge in [-0.2, -0.15) is 0 Å². The second-order valence-electron chi connectivity index (χ2n) is 9.73. The first kappa shape index (κ1) is 26.7. The van der Waals surface area contributed by atoms with Gasteiger partial charge in [-0.05, 0) is 74.9 Å². The molecule has 35 heavy (non-hydrogen) atoms. The number of carbonyl (C=O) groups is 2. The molecule has 8 heteroatoms. The fourth-order valence-electron chi connectivity index (χ4n) is 4.65. The molecule has 7 nitrogen and oxygen atoms in total. The van der Waals surface area contributed by atoms with Crippen molar-refractivity contribution in [3.05, 3.63) is 64.7 Å². The van der Waals surface area contributed by atoms with Crippen LogP contribution >= 0.6 is 0 Å². The summed E-state index contributed by atoms with van der Waals surface area (Å²) in [6.07, 6.45) is 5.16. The molecule has 0 bridgehead atoms. The van der Waals surface area contributed by atoms with Crippen LogP contribution in [0.5, 0.6) is 0 Å². The minimum absolute atomic E-state index is 0.128. The van der Waals surface area contributed by atoms with Crippen molar-refractivity contribution >= 4 is 27.5 Å². The van der Waals surface area contributed by atoms with Crippen molar-refractivity contribution in [3.8, 4) is 0 Å². The summed E-state index contributed by atoms with van der Waals surface area (Å²) in [6.45, 7) is 7.28. The monoisotopic (exact) mass is 499 g/mol. The number of rotatable bonds is 9. The third-order valence-corrected chi connectivity index (χ3v) is 7.79. The molecule has 1 unspecified atom stereocenters. The van der Waals surface area contributed by atoms with Crippen molar-refractivity contribution in [2.45, 2.75) is 72.0 Å². The quantitative estimate of drug-likeness (QED) is 0.568. The van der Waals surface area contributed by atoms with E-state index >= 15 is 0 Å². The predicted molar refractivity (Wildman–Crippen MR) is 140 cm³/mol. The number of benzene rings is 2. The SMILES string of the molecule is Cc1cc(C)cc(N(CC(=O)N(Cc2ccccc2C)C(C)C(=O)NC2CCCC2)S(C)(=O)=O)c1. The molecular formula is C27H37N3O4S. The normalized spacial score (nSPS) is 15.0. The van der Waals surface area contributed by atoms with Crippen LogP contribution in [0.3, 0.4) is 0 Å². The Morgan fingerprint density at radius 2 is 1.63 bits per heavy atom. The molecule has 0 saturated heterocycles. The number of sulfonamides is 1. The molecule has 1 aliphatic rings. The van der Waals surface area contributed by atoms with Crippen LogP contribution in [-0.2, 0) is 26.2 Å². The highest BCUT2D eigenvalue weighted by Gasteiger charge is 2.31. The minimum Gasteiger partial charge on any atom is -0.352 e. The summed E-state index contributed by atoms with van der Waals surface area (Å²) in [5.74, 6) is -0.636. The van der Waals surface area contributed by atoms with E-state index in [0.29, 0.717) is 5.69 Å². The van der Waals surface area contributed by atoms with Crippen LogP contribution in [0.2, 0.25) is 0 Å². The molecule has 1 N–H and O–H groups in total. The minimum atomic E-state index is -3.74. The molecule has 0 spiro atoms. The molecule has 0 aromatic heterocycles. The molecule has 2 aromatic rings. The van der Waals surface area contributed by atoms with Gasteiger partial charge in [-0.3, -0.25) is 13.9 Å². The van der Waals surface area contributed by atoms with Crippen molar-refractivity contribution in [2.24, 2.45) is 0 Å². The summed E-state index contributed by atoms with van der Waals surface area (Å²) in [7, 11) is -3.74. The van der Waals surface area contributed by atoms with E-state index < -0.39 is 22.0 Å². The van der Waals surface area contributed by atoms with Crippen LogP contribution < -0.4 is 9.62 Å². The summed E-state index contributed by atoms with van der Waals surface area (Å²) in [5, 5.41) is 3.08. The van der Waals surface area contributed by atoms with E-state index in [9.17, 15) is 18.0 Å². The number of hydrogen-bond acceptors (Lipinski definition) is 4. The summed E-state index contributed by atoms with van der Waals surface area (Å²) in [4.78, 5) is 28.3. The lowest BCUT2D eigenvalue weighted by molar-refractivity contribution is -0.139. The molecule has 1 saturated carbocycles. The van der Waals surface area contributed by atoms with Gasteiger partial charge in [0.2, 0.25) is 21.8 Å². The zero-order valence-corrected chi connectivity index (χ0v) is 22.2.